The summed E-state index contributed by atoms with van der Waals surface area (Å²) >= 11 is 7.38. The van der Waals surface area contributed by atoms with Gasteiger partial charge in [0.15, 0.2) is 5.13 Å². The van der Waals surface area contributed by atoms with Gasteiger partial charge in [-0.2, -0.15) is 0 Å². The molecule has 0 atom stereocenters. The van der Waals surface area contributed by atoms with Crippen LogP contribution >= 0.6 is 22.9 Å². The van der Waals surface area contributed by atoms with Crippen molar-refractivity contribution in [1.82, 2.24) is 9.88 Å². The van der Waals surface area contributed by atoms with Crippen molar-refractivity contribution in [1.29, 1.82) is 0 Å². The molecule has 4 rings (SSSR count). The number of likely N-dealkylation sites (tertiary alicyclic amines) is 1. The van der Waals surface area contributed by atoms with Crippen LogP contribution < -0.4 is 4.90 Å². The molecular weight excluding hydrogens is 418 g/mol. The molecule has 0 N–H and O–H groups in total. The van der Waals surface area contributed by atoms with Gasteiger partial charge in [-0.25, -0.2) is 4.98 Å². The summed E-state index contributed by atoms with van der Waals surface area (Å²) in [5, 5.41) is 3.24. The maximum atomic E-state index is 13.5. The molecule has 0 unspecified atom stereocenters. The van der Waals surface area contributed by atoms with Gasteiger partial charge in [-0.05, 0) is 56.2 Å². The number of nitrogens with zero attached hydrogens (tertiary/aromatic N) is 3. The van der Waals surface area contributed by atoms with E-state index in [4.69, 9.17) is 11.6 Å². The van der Waals surface area contributed by atoms with Crippen LogP contribution in [0, 0.1) is 12.8 Å². The molecule has 30 heavy (non-hydrogen) atoms. The number of aromatic nitrogens is 1. The van der Waals surface area contributed by atoms with Gasteiger partial charge >= 0.3 is 0 Å². The van der Waals surface area contributed by atoms with Crippen molar-refractivity contribution in [3.05, 3.63) is 76.3 Å². The van der Waals surface area contributed by atoms with Gasteiger partial charge in [0, 0.05) is 35.0 Å². The van der Waals surface area contributed by atoms with Crippen molar-refractivity contribution >= 4 is 45.6 Å². The first-order chi connectivity index (χ1) is 14.5. The molecule has 1 fully saturated rings. The minimum absolute atomic E-state index is 0.0203. The zero-order chi connectivity index (χ0) is 21.1. The highest BCUT2D eigenvalue weighted by Gasteiger charge is 2.32. The van der Waals surface area contributed by atoms with Gasteiger partial charge in [-0.1, -0.05) is 29.8 Å². The summed E-state index contributed by atoms with van der Waals surface area (Å²) in [7, 11) is 0. The molecule has 2 heterocycles. The molecule has 3 aromatic rings. The Balaban J connectivity index is 1.48. The smallest absolute Gasteiger partial charge is 0.253 e. The monoisotopic (exact) mass is 439 g/mol. The molecule has 0 aliphatic carbocycles. The first-order valence-corrected chi connectivity index (χ1v) is 11.1. The molecule has 1 aliphatic rings. The van der Waals surface area contributed by atoms with E-state index >= 15 is 0 Å². The third kappa shape index (κ3) is 4.40. The van der Waals surface area contributed by atoms with Gasteiger partial charge in [-0.15, -0.1) is 11.3 Å². The molecule has 0 bridgehead atoms. The van der Waals surface area contributed by atoms with E-state index in [1.165, 1.54) is 11.3 Å². The SMILES string of the molecule is Cc1csc(N(C(=O)C2CCN(C(=O)c3ccc(Cl)cc3)CC2)c2ccccc2)n1. The molecule has 0 spiro atoms. The second-order valence-electron chi connectivity index (χ2n) is 7.35. The topological polar surface area (TPSA) is 53.5 Å². The van der Waals surface area contributed by atoms with E-state index in [-0.39, 0.29) is 17.7 Å². The molecule has 154 valence electrons. The fourth-order valence-corrected chi connectivity index (χ4v) is 4.59. The summed E-state index contributed by atoms with van der Waals surface area (Å²) < 4.78 is 0. The van der Waals surface area contributed by atoms with Gasteiger partial charge in [0.25, 0.3) is 5.91 Å². The van der Waals surface area contributed by atoms with Crippen molar-refractivity contribution in [2.24, 2.45) is 5.92 Å². The van der Waals surface area contributed by atoms with E-state index in [0.717, 1.165) is 11.4 Å². The average Bonchev–Trinajstić information content (AvgIpc) is 3.20. The fraction of sp³-hybridized carbons (Fsp3) is 0.261. The number of carbonyl (C=O) groups is 2. The van der Waals surface area contributed by atoms with E-state index < -0.39 is 0 Å². The number of amides is 2. The molecule has 1 saturated heterocycles. The highest BCUT2D eigenvalue weighted by atomic mass is 35.5. The molecule has 5 nitrogen and oxygen atoms in total. The zero-order valence-electron chi connectivity index (χ0n) is 16.6. The molecular formula is C23H22ClN3O2S. The molecule has 2 amide bonds. The van der Waals surface area contributed by atoms with E-state index in [9.17, 15) is 9.59 Å². The summed E-state index contributed by atoms with van der Waals surface area (Å²) in [5.74, 6) is -0.133. The molecule has 0 saturated carbocycles. The van der Waals surface area contributed by atoms with Gasteiger partial charge < -0.3 is 4.90 Å². The third-order valence-corrected chi connectivity index (χ3v) is 6.45. The number of thiazole rings is 1. The van der Waals surface area contributed by atoms with Crippen LogP contribution in [0.5, 0.6) is 0 Å². The normalized spacial score (nSPS) is 14.5. The number of hydrogen-bond acceptors (Lipinski definition) is 4. The van der Waals surface area contributed by atoms with Crippen LogP contribution in [-0.4, -0.2) is 34.8 Å². The number of piperidine rings is 1. The summed E-state index contributed by atoms with van der Waals surface area (Å²) in [6.45, 7) is 3.03. The minimum atomic E-state index is -0.149. The Hall–Kier alpha value is -2.70. The quantitative estimate of drug-likeness (QED) is 0.552. The Labute approximate surface area is 184 Å². The van der Waals surface area contributed by atoms with E-state index in [2.05, 4.69) is 4.98 Å². The lowest BCUT2D eigenvalue weighted by atomic mass is 9.94. The highest BCUT2D eigenvalue weighted by Crippen LogP contribution is 2.32. The van der Waals surface area contributed by atoms with Crippen molar-refractivity contribution in [2.75, 3.05) is 18.0 Å². The third-order valence-electron chi connectivity index (χ3n) is 5.26. The second kappa shape index (κ2) is 8.98. The Morgan fingerprint density at radius 1 is 1.07 bits per heavy atom. The van der Waals surface area contributed by atoms with E-state index in [0.29, 0.717) is 41.6 Å². The van der Waals surface area contributed by atoms with Gasteiger partial charge in [-0.3, -0.25) is 14.5 Å². The second-order valence-corrected chi connectivity index (χ2v) is 8.63. The predicted molar refractivity (Wildman–Crippen MR) is 121 cm³/mol. The largest absolute Gasteiger partial charge is 0.339 e. The highest BCUT2D eigenvalue weighted by molar-refractivity contribution is 7.14. The van der Waals surface area contributed by atoms with Gasteiger partial charge in [0.2, 0.25) is 5.91 Å². The van der Waals surface area contributed by atoms with Crippen LogP contribution in [0.3, 0.4) is 0 Å². The molecule has 7 heteroatoms. The van der Waals surface area contributed by atoms with Crippen molar-refractivity contribution in [3.63, 3.8) is 0 Å². The number of aryl methyl sites for hydroxylation is 1. The Kier molecular flexibility index (Phi) is 6.16. The minimum Gasteiger partial charge on any atom is -0.339 e. The number of halogens is 1. The molecule has 2 aromatic carbocycles. The van der Waals surface area contributed by atoms with Gasteiger partial charge in [0.1, 0.15) is 0 Å². The zero-order valence-corrected chi connectivity index (χ0v) is 18.2. The predicted octanol–water partition coefficient (Wildman–Crippen LogP) is 5.32. The Morgan fingerprint density at radius 2 is 1.73 bits per heavy atom. The lowest BCUT2D eigenvalue weighted by Crippen LogP contribution is -2.43. The van der Waals surface area contributed by atoms with Crippen LogP contribution in [0.4, 0.5) is 10.8 Å². The summed E-state index contributed by atoms with van der Waals surface area (Å²) in [5.41, 5.74) is 2.33. The molecule has 1 aliphatic heterocycles. The number of anilines is 2. The Morgan fingerprint density at radius 3 is 2.33 bits per heavy atom. The first kappa shape index (κ1) is 20.6. The number of carbonyl (C=O) groups excluding carboxylic acids is 2. The maximum Gasteiger partial charge on any atom is 0.253 e. The van der Waals surface area contributed by atoms with Crippen LogP contribution in [0.15, 0.2) is 60.0 Å². The van der Waals surface area contributed by atoms with Crippen LogP contribution in [0.25, 0.3) is 0 Å². The van der Waals surface area contributed by atoms with Crippen LogP contribution in [-0.2, 0) is 4.79 Å². The summed E-state index contributed by atoms with van der Waals surface area (Å²) in [6, 6.07) is 16.5. The van der Waals surface area contributed by atoms with E-state index in [1.807, 2.05) is 47.5 Å². The first-order valence-electron chi connectivity index (χ1n) is 9.89. The van der Waals surface area contributed by atoms with Crippen LogP contribution in [0.2, 0.25) is 5.02 Å². The van der Waals surface area contributed by atoms with E-state index in [1.54, 1.807) is 29.2 Å². The molecule has 1 aromatic heterocycles. The van der Waals surface area contributed by atoms with Crippen molar-refractivity contribution in [3.8, 4) is 0 Å². The van der Waals surface area contributed by atoms with Crippen molar-refractivity contribution in [2.45, 2.75) is 19.8 Å². The van der Waals surface area contributed by atoms with Crippen LogP contribution in [0.1, 0.15) is 28.9 Å². The molecule has 0 radical (unpaired) electrons. The van der Waals surface area contributed by atoms with Gasteiger partial charge in [0.05, 0.1) is 11.4 Å². The summed E-state index contributed by atoms with van der Waals surface area (Å²) in [6.07, 6.45) is 1.26. The lowest BCUT2D eigenvalue weighted by Gasteiger charge is -2.33. The number of rotatable bonds is 4. The Bertz CT molecular complexity index is 1030. The standard InChI is InChI=1S/C23H22ClN3O2S/c1-16-15-30-23(25-16)27(20-5-3-2-4-6-20)22(29)18-11-13-26(14-12-18)21(28)17-7-9-19(24)10-8-17/h2-10,15,18H,11-14H2,1H3. The van der Waals surface area contributed by atoms with Crippen molar-refractivity contribution < 1.29 is 9.59 Å². The lowest BCUT2D eigenvalue weighted by molar-refractivity contribution is -0.122. The number of hydrogen-bond donors (Lipinski definition) is 0. The number of para-hydroxylation sites is 1. The average molecular weight is 440 g/mol. The fourth-order valence-electron chi connectivity index (χ4n) is 3.64. The summed E-state index contributed by atoms with van der Waals surface area (Å²) in [4.78, 5) is 34.3. The maximum absolute atomic E-state index is 13.5. The number of benzene rings is 2.